The summed E-state index contributed by atoms with van der Waals surface area (Å²) in [6.07, 6.45) is 1.43. The number of hydrogen-bond donors (Lipinski definition) is 1. The van der Waals surface area contributed by atoms with Crippen LogP contribution in [0.15, 0.2) is 0 Å². The van der Waals surface area contributed by atoms with Crippen molar-refractivity contribution in [3.8, 4) is 0 Å². The topological polar surface area (TPSA) is 38.3 Å². The lowest BCUT2D eigenvalue weighted by Crippen LogP contribution is -2.47. The summed E-state index contributed by atoms with van der Waals surface area (Å²) in [7, 11) is 2.05. The lowest BCUT2D eigenvalue weighted by molar-refractivity contribution is -0.125. The van der Waals surface area contributed by atoms with Crippen LogP contribution in [-0.2, 0) is 9.53 Å². The van der Waals surface area contributed by atoms with Crippen LogP contribution in [0.25, 0.3) is 0 Å². The molecule has 4 heteroatoms. The van der Waals surface area contributed by atoms with Crippen LogP contribution in [0.3, 0.4) is 0 Å². The number of ether oxygens (including phenoxy) is 1. The van der Waals surface area contributed by atoms with E-state index in [0.29, 0.717) is 13.0 Å². The Morgan fingerprint density at radius 3 is 2.05 bits per heavy atom. The zero-order valence-electron chi connectivity index (χ0n) is 14.1. The van der Waals surface area contributed by atoms with Gasteiger partial charge in [0.1, 0.15) is 7.85 Å². The Labute approximate surface area is 120 Å². The van der Waals surface area contributed by atoms with Crippen LogP contribution in [-0.4, -0.2) is 32.4 Å². The molecule has 1 amide bonds. The Hall–Kier alpha value is -0.505. The van der Waals surface area contributed by atoms with Crippen molar-refractivity contribution in [2.75, 3.05) is 13.2 Å². The first-order chi connectivity index (χ1) is 8.37. The van der Waals surface area contributed by atoms with Gasteiger partial charge in [-0.15, -0.1) is 0 Å². The van der Waals surface area contributed by atoms with Crippen LogP contribution in [0.4, 0.5) is 0 Å². The van der Waals surface area contributed by atoms with Gasteiger partial charge in [-0.25, -0.2) is 0 Å². The number of carbonyl (C=O) groups excluding carboxylic acids is 1. The number of amides is 1. The van der Waals surface area contributed by atoms with Gasteiger partial charge in [0.2, 0.25) is 5.91 Å². The van der Waals surface area contributed by atoms with Crippen molar-refractivity contribution < 1.29 is 9.53 Å². The molecule has 0 rings (SSSR count). The molecule has 1 atom stereocenters. The van der Waals surface area contributed by atoms with Gasteiger partial charge in [0.15, 0.2) is 0 Å². The minimum Gasteiger partial charge on any atom is -0.380 e. The van der Waals surface area contributed by atoms with Crippen LogP contribution >= 0.6 is 0 Å². The highest BCUT2D eigenvalue weighted by atomic mass is 16.5. The third-order valence-electron chi connectivity index (χ3n) is 3.03. The van der Waals surface area contributed by atoms with E-state index in [1.807, 2.05) is 14.8 Å². The molecule has 3 nitrogen and oxygen atoms in total. The van der Waals surface area contributed by atoms with Crippen molar-refractivity contribution in [3.05, 3.63) is 0 Å². The molecule has 112 valence electrons. The third-order valence-corrected chi connectivity index (χ3v) is 3.03. The summed E-state index contributed by atoms with van der Waals surface area (Å²) in [5, 5.41) is 3.07. The van der Waals surface area contributed by atoms with E-state index < -0.39 is 0 Å². The highest BCUT2D eigenvalue weighted by Gasteiger charge is 2.26. The summed E-state index contributed by atoms with van der Waals surface area (Å²) in [6.45, 7) is 16.1. The minimum atomic E-state index is -0.126. The minimum absolute atomic E-state index is 0.108. The SMILES string of the molecule is BC(C)(CC)NC(=O)CC(C)(C)COCC(C)(C)C. The molecule has 0 fully saturated rings. The molecule has 0 bridgehead atoms. The predicted molar refractivity (Wildman–Crippen MR) is 84.1 cm³/mol. The van der Waals surface area contributed by atoms with E-state index >= 15 is 0 Å². The second-order valence-electron chi connectivity index (χ2n) is 8.18. The second kappa shape index (κ2) is 6.78. The average Bonchev–Trinajstić information content (AvgIpc) is 2.12. The molecular weight excluding hydrogens is 237 g/mol. The van der Waals surface area contributed by atoms with Crippen LogP contribution in [0.2, 0.25) is 0 Å². The molecule has 0 aliphatic rings. The molecule has 0 aliphatic heterocycles. The summed E-state index contributed by atoms with van der Waals surface area (Å²) in [5.41, 5.74) is -0.0822. The van der Waals surface area contributed by atoms with Crippen molar-refractivity contribution in [2.45, 2.75) is 66.7 Å². The second-order valence-corrected chi connectivity index (χ2v) is 8.18. The van der Waals surface area contributed by atoms with E-state index in [2.05, 4.69) is 46.9 Å². The largest absolute Gasteiger partial charge is 0.380 e. The van der Waals surface area contributed by atoms with E-state index in [4.69, 9.17) is 4.74 Å². The summed E-state index contributed by atoms with van der Waals surface area (Å²) >= 11 is 0. The molecule has 1 N–H and O–H groups in total. The Kier molecular flexibility index (Phi) is 6.60. The normalized spacial score (nSPS) is 15.9. The van der Waals surface area contributed by atoms with Crippen LogP contribution in [0, 0.1) is 10.8 Å². The first kappa shape index (κ1) is 18.5. The van der Waals surface area contributed by atoms with Crippen molar-refractivity contribution in [2.24, 2.45) is 10.8 Å². The molecule has 0 aromatic heterocycles. The monoisotopic (exact) mass is 269 g/mol. The third kappa shape index (κ3) is 10.00. The maximum atomic E-state index is 12.0. The van der Waals surface area contributed by atoms with Gasteiger partial charge in [-0.1, -0.05) is 41.5 Å². The molecule has 0 heterocycles. The maximum absolute atomic E-state index is 12.0. The van der Waals surface area contributed by atoms with Gasteiger partial charge < -0.3 is 10.1 Å². The van der Waals surface area contributed by atoms with Gasteiger partial charge in [-0.3, -0.25) is 4.79 Å². The van der Waals surface area contributed by atoms with E-state index in [1.54, 1.807) is 0 Å². The summed E-state index contributed by atoms with van der Waals surface area (Å²) in [5.74, 6) is 0.108. The molecule has 0 spiro atoms. The first-order valence-corrected chi connectivity index (χ1v) is 7.26. The highest BCUT2D eigenvalue weighted by molar-refractivity contribution is 6.16. The Morgan fingerprint density at radius 1 is 1.11 bits per heavy atom. The summed E-state index contributed by atoms with van der Waals surface area (Å²) in [6, 6.07) is 0. The fourth-order valence-corrected chi connectivity index (χ4v) is 1.63. The zero-order chi connectivity index (χ0) is 15.3. The molecule has 0 saturated carbocycles. The van der Waals surface area contributed by atoms with Crippen LogP contribution in [0.5, 0.6) is 0 Å². The predicted octanol–water partition coefficient (Wildman–Crippen LogP) is 2.34. The number of carbonyl (C=O) groups is 1. The Morgan fingerprint density at radius 2 is 1.63 bits per heavy atom. The molecule has 0 aromatic rings. The number of rotatable bonds is 7. The molecule has 19 heavy (non-hydrogen) atoms. The van der Waals surface area contributed by atoms with Crippen LogP contribution in [0.1, 0.15) is 61.3 Å². The molecule has 0 aliphatic carbocycles. The molecular formula is C15H32BNO2. The summed E-state index contributed by atoms with van der Waals surface area (Å²) < 4.78 is 5.74. The smallest absolute Gasteiger partial charge is 0.220 e. The first-order valence-electron chi connectivity index (χ1n) is 7.26. The van der Waals surface area contributed by atoms with Gasteiger partial charge in [-0.05, 0) is 24.2 Å². The molecule has 0 saturated heterocycles. The van der Waals surface area contributed by atoms with E-state index in [9.17, 15) is 4.79 Å². The van der Waals surface area contributed by atoms with Gasteiger partial charge in [0, 0.05) is 11.9 Å². The zero-order valence-corrected chi connectivity index (χ0v) is 14.1. The molecule has 0 aromatic carbocycles. The lowest BCUT2D eigenvalue weighted by Gasteiger charge is -2.30. The van der Waals surface area contributed by atoms with Gasteiger partial charge >= 0.3 is 0 Å². The fourth-order valence-electron chi connectivity index (χ4n) is 1.63. The fraction of sp³-hybridized carbons (Fsp3) is 0.933. The maximum Gasteiger partial charge on any atom is 0.220 e. The summed E-state index contributed by atoms with van der Waals surface area (Å²) in [4.78, 5) is 12.0. The van der Waals surface area contributed by atoms with Gasteiger partial charge in [-0.2, -0.15) is 0 Å². The Bertz CT molecular complexity index is 293. The lowest BCUT2D eigenvalue weighted by atomic mass is 9.77. The standard InChI is InChI=1S/C15H32BNO2/c1-8-15(7,16)17-12(18)9-14(5,6)11-19-10-13(2,3)4/h8-11,16H2,1-7H3,(H,17,18). The van der Waals surface area contributed by atoms with Crippen molar-refractivity contribution in [1.29, 1.82) is 0 Å². The van der Waals surface area contributed by atoms with Gasteiger partial charge in [0.05, 0.1) is 13.2 Å². The van der Waals surface area contributed by atoms with Crippen molar-refractivity contribution in [3.63, 3.8) is 0 Å². The number of nitrogens with one attached hydrogen (secondary N) is 1. The van der Waals surface area contributed by atoms with Crippen molar-refractivity contribution >= 4 is 13.8 Å². The van der Waals surface area contributed by atoms with Crippen molar-refractivity contribution in [1.82, 2.24) is 5.32 Å². The highest BCUT2D eigenvalue weighted by Crippen LogP contribution is 2.23. The van der Waals surface area contributed by atoms with Crippen LogP contribution < -0.4 is 5.32 Å². The molecule has 1 unspecified atom stereocenters. The quantitative estimate of drug-likeness (QED) is 0.720. The van der Waals surface area contributed by atoms with Gasteiger partial charge in [0.25, 0.3) is 0 Å². The van der Waals surface area contributed by atoms with E-state index in [0.717, 1.165) is 13.0 Å². The Balaban J connectivity index is 4.18. The average molecular weight is 269 g/mol. The van der Waals surface area contributed by atoms with E-state index in [1.165, 1.54) is 0 Å². The van der Waals surface area contributed by atoms with E-state index in [-0.39, 0.29) is 22.2 Å². The molecule has 0 radical (unpaired) electrons. The number of hydrogen-bond acceptors (Lipinski definition) is 2.